The molecule has 0 spiro atoms. The minimum atomic E-state index is -0.640. The van der Waals surface area contributed by atoms with E-state index in [0.717, 1.165) is 25.7 Å². The Balaban J connectivity index is 1.52. The Morgan fingerprint density at radius 1 is 1.22 bits per heavy atom. The third-order valence-electron chi connectivity index (χ3n) is 8.75. The second-order valence-electron chi connectivity index (χ2n) is 12.6. The quantitative estimate of drug-likeness (QED) is 0.448. The smallest absolute Gasteiger partial charge is 0.258 e. The molecule has 4 fully saturated rings. The summed E-state index contributed by atoms with van der Waals surface area (Å²) < 4.78 is 7.62. The fourth-order valence-electron chi connectivity index (χ4n) is 6.79. The van der Waals surface area contributed by atoms with Gasteiger partial charge in [-0.2, -0.15) is 5.10 Å². The highest BCUT2D eigenvalue weighted by Crippen LogP contribution is 2.61. The van der Waals surface area contributed by atoms with Crippen molar-refractivity contribution in [2.24, 2.45) is 34.5 Å². The number of hydrogen-bond acceptors (Lipinski definition) is 5. The first-order chi connectivity index (χ1) is 16.9. The zero-order chi connectivity index (χ0) is 26.3. The van der Waals surface area contributed by atoms with Gasteiger partial charge < -0.3 is 10.1 Å². The van der Waals surface area contributed by atoms with E-state index in [4.69, 9.17) is 4.74 Å². The summed E-state index contributed by atoms with van der Waals surface area (Å²) in [6.07, 6.45) is 11.9. The van der Waals surface area contributed by atoms with Crippen molar-refractivity contribution >= 4 is 23.7 Å². The van der Waals surface area contributed by atoms with Gasteiger partial charge in [-0.25, -0.2) is 4.68 Å². The largest absolute Gasteiger partial charge is 0.477 e. The molecule has 5 rings (SSSR count). The van der Waals surface area contributed by atoms with Gasteiger partial charge in [0.25, 0.3) is 5.91 Å². The van der Waals surface area contributed by atoms with E-state index >= 15 is 0 Å². The SMILES string of the molecule is CCC(=O)CC12CC3CC(C1)C(NC(=O)c1cnn(/C=C/C(C)(C)C(C)=O)c1OCC(C)C)C(C3)C2. The molecule has 2 unspecified atom stereocenters. The molecule has 0 saturated heterocycles. The molecule has 1 aromatic rings. The summed E-state index contributed by atoms with van der Waals surface area (Å²) in [5.74, 6) is 2.50. The average Bonchev–Trinajstić information content (AvgIpc) is 3.20. The molecule has 1 heterocycles. The first-order valence-corrected chi connectivity index (χ1v) is 13.7. The molecule has 7 heteroatoms. The van der Waals surface area contributed by atoms with Crippen LogP contribution in [0.4, 0.5) is 0 Å². The number of Topliss-reactive ketones (excluding diaryl/α,β-unsaturated/α-hetero) is 2. The van der Waals surface area contributed by atoms with Crippen molar-refractivity contribution in [2.45, 2.75) is 92.5 Å². The number of nitrogens with one attached hydrogen (secondary N) is 1. The summed E-state index contributed by atoms with van der Waals surface area (Å²) in [6, 6.07) is 0.132. The Hall–Kier alpha value is -2.44. The fraction of sp³-hybridized carbons (Fsp3) is 0.724. The Bertz CT molecular complexity index is 1020. The summed E-state index contributed by atoms with van der Waals surface area (Å²) in [5.41, 5.74) is -0.0695. The fourth-order valence-corrected chi connectivity index (χ4v) is 6.79. The lowest BCUT2D eigenvalue weighted by molar-refractivity contribution is -0.129. The maximum atomic E-state index is 13.6. The van der Waals surface area contributed by atoms with Crippen LogP contribution in [0, 0.1) is 34.5 Å². The number of carbonyl (C=O) groups excluding carboxylic acids is 3. The molecule has 1 N–H and O–H groups in total. The van der Waals surface area contributed by atoms with Crippen LogP contribution in [0.1, 0.15) is 96.8 Å². The molecule has 0 aliphatic heterocycles. The van der Waals surface area contributed by atoms with Crippen molar-refractivity contribution in [3.8, 4) is 5.88 Å². The van der Waals surface area contributed by atoms with E-state index in [1.165, 1.54) is 6.42 Å². The van der Waals surface area contributed by atoms with Gasteiger partial charge in [0.05, 0.1) is 12.8 Å². The Kier molecular flexibility index (Phi) is 7.50. The van der Waals surface area contributed by atoms with Gasteiger partial charge in [0.15, 0.2) is 0 Å². The van der Waals surface area contributed by atoms with E-state index in [-0.39, 0.29) is 29.1 Å². The lowest BCUT2D eigenvalue weighted by atomic mass is 9.47. The number of nitrogens with zero attached hydrogens (tertiary/aromatic N) is 2. The number of hydrogen-bond donors (Lipinski definition) is 1. The van der Waals surface area contributed by atoms with Gasteiger partial charge in [-0.05, 0) is 82.0 Å². The van der Waals surface area contributed by atoms with Gasteiger partial charge in [0.2, 0.25) is 5.88 Å². The van der Waals surface area contributed by atoms with Gasteiger partial charge in [0.1, 0.15) is 17.1 Å². The van der Waals surface area contributed by atoms with Gasteiger partial charge in [-0.3, -0.25) is 14.4 Å². The Morgan fingerprint density at radius 2 is 1.89 bits per heavy atom. The van der Waals surface area contributed by atoms with Gasteiger partial charge in [-0.1, -0.05) is 26.8 Å². The van der Waals surface area contributed by atoms with Gasteiger partial charge in [-0.15, -0.1) is 0 Å². The third kappa shape index (κ3) is 5.45. The highest BCUT2D eigenvalue weighted by atomic mass is 16.5. The van der Waals surface area contributed by atoms with Crippen molar-refractivity contribution in [1.29, 1.82) is 0 Å². The van der Waals surface area contributed by atoms with Crippen molar-refractivity contribution < 1.29 is 19.1 Å². The second kappa shape index (κ2) is 10.1. The molecule has 0 aromatic carbocycles. The lowest BCUT2D eigenvalue weighted by Crippen LogP contribution is -2.59. The summed E-state index contributed by atoms with van der Waals surface area (Å²) in [6.45, 7) is 11.8. The molecular formula is C29H43N3O4. The van der Waals surface area contributed by atoms with Crippen LogP contribution in [0.15, 0.2) is 12.3 Å². The van der Waals surface area contributed by atoms with Crippen LogP contribution >= 0.6 is 0 Å². The molecule has 4 bridgehead atoms. The van der Waals surface area contributed by atoms with Crippen molar-refractivity contribution in [3.05, 3.63) is 17.8 Å². The normalized spacial score (nSPS) is 29.2. The zero-order valence-corrected chi connectivity index (χ0v) is 22.8. The Labute approximate surface area is 215 Å². The van der Waals surface area contributed by atoms with Crippen molar-refractivity contribution in [3.63, 3.8) is 0 Å². The molecule has 2 atom stereocenters. The topological polar surface area (TPSA) is 90.3 Å². The zero-order valence-electron chi connectivity index (χ0n) is 22.8. The standard InChI is InChI=1S/C29H43N3O4/c1-7-23(34)15-29-12-20-10-21(13-29)25(22(11-20)14-29)31-26(35)24-16-30-32(27(24)36-17-18(2)3)9-8-28(5,6)19(4)33/h8-9,16,18,20-22,25H,7,10-15,17H2,1-6H3,(H,31,35)/b9-8+. The van der Waals surface area contributed by atoms with Crippen LogP contribution in [-0.2, 0) is 9.59 Å². The first-order valence-electron chi connectivity index (χ1n) is 13.7. The molecule has 0 radical (unpaired) electrons. The van der Waals surface area contributed by atoms with Crippen LogP contribution in [0.25, 0.3) is 6.20 Å². The van der Waals surface area contributed by atoms with E-state index in [2.05, 4.69) is 24.3 Å². The van der Waals surface area contributed by atoms with Crippen molar-refractivity contribution in [1.82, 2.24) is 15.1 Å². The molecule has 7 nitrogen and oxygen atoms in total. The number of amides is 1. The van der Waals surface area contributed by atoms with Crippen LogP contribution in [-0.4, -0.2) is 39.9 Å². The maximum absolute atomic E-state index is 13.6. The minimum absolute atomic E-state index is 0.0498. The van der Waals surface area contributed by atoms with Crippen LogP contribution in [0.2, 0.25) is 0 Å². The van der Waals surface area contributed by atoms with Crippen LogP contribution in [0.3, 0.4) is 0 Å². The number of ether oxygens (including phenoxy) is 1. The summed E-state index contributed by atoms with van der Waals surface area (Å²) in [4.78, 5) is 37.8. The minimum Gasteiger partial charge on any atom is -0.477 e. The predicted octanol–water partition coefficient (Wildman–Crippen LogP) is 5.30. The number of rotatable bonds is 11. The van der Waals surface area contributed by atoms with E-state index in [1.54, 1.807) is 30.1 Å². The first kappa shape index (κ1) is 26.6. The van der Waals surface area contributed by atoms with Gasteiger partial charge in [0, 0.05) is 30.5 Å². The molecule has 1 amide bonds. The number of aromatic nitrogens is 2. The lowest BCUT2D eigenvalue weighted by Gasteiger charge is -2.60. The number of allylic oxidation sites excluding steroid dienone is 1. The highest BCUT2D eigenvalue weighted by molar-refractivity contribution is 5.96. The third-order valence-corrected chi connectivity index (χ3v) is 8.75. The molecule has 1 aromatic heterocycles. The van der Waals surface area contributed by atoms with Crippen molar-refractivity contribution in [2.75, 3.05) is 6.61 Å². The van der Waals surface area contributed by atoms with Gasteiger partial charge >= 0.3 is 0 Å². The highest BCUT2D eigenvalue weighted by Gasteiger charge is 2.56. The summed E-state index contributed by atoms with van der Waals surface area (Å²) in [5, 5.41) is 7.77. The maximum Gasteiger partial charge on any atom is 0.258 e. The van der Waals surface area contributed by atoms with E-state index < -0.39 is 5.41 Å². The summed E-state index contributed by atoms with van der Waals surface area (Å²) in [7, 11) is 0. The average molecular weight is 498 g/mol. The molecule has 36 heavy (non-hydrogen) atoms. The predicted molar refractivity (Wildman–Crippen MR) is 140 cm³/mol. The molecule has 4 saturated carbocycles. The molecule has 198 valence electrons. The second-order valence-corrected chi connectivity index (χ2v) is 12.6. The molecule has 4 aliphatic rings. The monoisotopic (exact) mass is 497 g/mol. The molecule has 4 aliphatic carbocycles. The van der Waals surface area contributed by atoms with E-state index in [1.807, 2.05) is 20.8 Å². The van der Waals surface area contributed by atoms with Crippen LogP contribution < -0.4 is 10.1 Å². The number of carbonyl (C=O) groups is 3. The van der Waals surface area contributed by atoms with E-state index in [9.17, 15) is 14.4 Å². The van der Waals surface area contributed by atoms with E-state index in [0.29, 0.717) is 54.4 Å². The molecular weight excluding hydrogens is 454 g/mol. The van der Waals surface area contributed by atoms with Crippen LogP contribution in [0.5, 0.6) is 5.88 Å². The number of ketones is 2. The summed E-state index contributed by atoms with van der Waals surface area (Å²) >= 11 is 0. The Morgan fingerprint density at radius 3 is 2.47 bits per heavy atom.